The van der Waals surface area contributed by atoms with E-state index in [-0.39, 0.29) is 11.2 Å². The third-order valence-corrected chi connectivity index (χ3v) is 8.51. The first-order valence-corrected chi connectivity index (χ1v) is 14.4. The van der Waals surface area contributed by atoms with Crippen LogP contribution in [0.2, 0.25) is 5.02 Å². The predicted molar refractivity (Wildman–Crippen MR) is 161 cm³/mol. The van der Waals surface area contributed by atoms with Crippen LogP contribution in [0.25, 0.3) is 0 Å². The van der Waals surface area contributed by atoms with E-state index in [4.69, 9.17) is 26.8 Å². The number of methoxy groups -OCH3 is 1. The largest absolute Gasteiger partial charge is 0.487 e. The average Bonchev–Trinajstić information content (AvgIpc) is 2.82. The summed E-state index contributed by atoms with van der Waals surface area (Å²) in [5.41, 5.74) is 10.2. The van der Waals surface area contributed by atoms with E-state index >= 15 is 0 Å². The second-order valence-corrected chi connectivity index (χ2v) is 12.8. The molecule has 0 radical (unpaired) electrons. The fourth-order valence-corrected chi connectivity index (χ4v) is 7.22. The number of halogens is 3. The van der Waals surface area contributed by atoms with Crippen LogP contribution in [-0.4, -0.2) is 30.9 Å². The number of hydrogen-bond acceptors (Lipinski definition) is 6. The molecule has 0 bridgehead atoms. The molecule has 37 heavy (non-hydrogen) atoms. The van der Waals surface area contributed by atoms with E-state index in [9.17, 15) is 10.1 Å². The van der Waals surface area contributed by atoms with Gasteiger partial charge in [0.25, 0.3) is 0 Å². The molecule has 1 aliphatic heterocycles. The SMILES string of the molecule is COCCN1C(N)=C(C#N)[C@H](c2cc(I)c(OCc3ccc(Cl)cc3)c(I)c2)C2=C1CC(C)(C)CC2=O. The monoisotopic (exact) mass is 743 g/mol. The number of allylic oxidation sites excluding steroid dienone is 3. The van der Waals surface area contributed by atoms with Crippen molar-refractivity contribution in [3.63, 3.8) is 0 Å². The number of ether oxygens (including phenoxy) is 2. The molecule has 0 aromatic heterocycles. The van der Waals surface area contributed by atoms with Gasteiger partial charge in [-0.3, -0.25) is 4.79 Å². The van der Waals surface area contributed by atoms with Crippen molar-refractivity contribution in [2.24, 2.45) is 11.1 Å². The van der Waals surface area contributed by atoms with E-state index in [2.05, 4.69) is 65.1 Å². The van der Waals surface area contributed by atoms with Gasteiger partial charge in [0, 0.05) is 36.4 Å². The van der Waals surface area contributed by atoms with Gasteiger partial charge in [0.1, 0.15) is 18.2 Å². The van der Waals surface area contributed by atoms with Crippen molar-refractivity contribution in [3.8, 4) is 11.8 Å². The molecule has 4 rings (SSSR count). The van der Waals surface area contributed by atoms with Crippen molar-refractivity contribution in [2.75, 3.05) is 20.3 Å². The number of nitrogens with zero attached hydrogens (tertiary/aromatic N) is 2. The van der Waals surface area contributed by atoms with Crippen molar-refractivity contribution in [1.82, 2.24) is 4.90 Å². The highest BCUT2D eigenvalue weighted by Gasteiger charge is 2.44. The van der Waals surface area contributed by atoms with E-state index in [0.717, 1.165) is 29.7 Å². The lowest BCUT2D eigenvalue weighted by molar-refractivity contribution is -0.118. The first-order chi connectivity index (χ1) is 17.6. The molecule has 2 aliphatic rings. The van der Waals surface area contributed by atoms with Crippen LogP contribution in [0.4, 0.5) is 0 Å². The molecule has 0 saturated carbocycles. The van der Waals surface area contributed by atoms with Crippen LogP contribution >= 0.6 is 56.8 Å². The molecule has 0 unspecified atom stereocenters. The van der Waals surface area contributed by atoms with E-state index in [1.165, 1.54) is 0 Å². The summed E-state index contributed by atoms with van der Waals surface area (Å²) in [5, 5.41) is 10.9. The normalized spacial score (nSPS) is 19.1. The van der Waals surface area contributed by atoms with E-state index in [0.29, 0.717) is 54.6 Å². The minimum absolute atomic E-state index is 0.0620. The maximum atomic E-state index is 13.6. The van der Waals surface area contributed by atoms with Crippen molar-refractivity contribution in [1.29, 1.82) is 5.26 Å². The van der Waals surface area contributed by atoms with Gasteiger partial charge in [0.15, 0.2) is 5.78 Å². The van der Waals surface area contributed by atoms with Crippen molar-refractivity contribution < 1.29 is 14.3 Å². The second kappa shape index (κ2) is 11.5. The van der Waals surface area contributed by atoms with Crippen LogP contribution in [-0.2, 0) is 16.1 Å². The molecule has 0 fully saturated rings. The Balaban J connectivity index is 1.76. The lowest BCUT2D eigenvalue weighted by atomic mass is 9.68. The molecule has 2 aromatic rings. The average molecular weight is 744 g/mol. The third kappa shape index (κ3) is 5.95. The standard InChI is InChI=1S/C28H28ClI2N3O3/c1-28(2)12-22-25(23(35)13-28)24(19(14-32)27(33)34(22)8-9-36-3)17-10-20(30)26(21(31)11-17)37-15-16-4-6-18(29)7-5-16/h4-7,10-11,24H,8-9,12-13,15,33H2,1-3H3/t24-/m0/s1. The van der Waals surface area contributed by atoms with Gasteiger partial charge >= 0.3 is 0 Å². The molecule has 2 aromatic carbocycles. The van der Waals surface area contributed by atoms with Crippen molar-refractivity contribution >= 4 is 62.6 Å². The van der Waals surface area contributed by atoms with Crippen molar-refractivity contribution in [3.05, 3.63) is 82.4 Å². The van der Waals surface area contributed by atoms with Gasteiger partial charge in [-0.15, -0.1) is 0 Å². The molecule has 6 nitrogen and oxygen atoms in total. The molecule has 1 atom stereocenters. The van der Waals surface area contributed by atoms with E-state index in [1.54, 1.807) is 7.11 Å². The Kier molecular flexibility index (Phi) is 8.78. The topological polar surface area (TPSA) is 88.6 Å². The Morgan fingerprint density at radius 1 is 1.19 bits per heavy atom. The van der Waals surface area contributed by atoms with Gasteiger partial charge < -0.3 is 20.1 Å². The minimum Gasteiger partial charge on any atom is -0.487 e. The number of carbonyl (C=O) groups is 1. The lowest BCUT2D eigenvalue weighted by Crippen LogP contribution is -2.43. The number of rotatable bonds is 7. The summed E-state index contributed by atoms with van der Waals surface area (Å²) in [6, 6.07) is 13.9. The highest BCUT2D eigenvalue weighted by molar-refractivity contribution is 14.1. The summed E-state index contributed by atoms with van der Waals surface area (Å²) < 4.78 is 13.3. The Hall–Kier alpha value is -1.81. The van der Waals surface area contributed by atoms with Gasteiger partial charge in [-0.25, -0.2) is 0 Å². The number of carbonyl (C=O) groups excluding carboxylic acids is 1. The fraction of sp³-hybridized carbons (Fsp3) is 0.357. The van der Waals surface area contributed by atoms with Crippen LogP contribution in [0, 0.1) is 23.9 Å². The number of Topliss-reactive ketones (excluding diaryl/α,β-unsaturated/α-hetero) is 1. The molecule has 0 spiro atoms. The van der Waals surface area contributed by atoms with Gasteiger partial charge in [0.05, 0.1) is 31.3 Å². The summed E-state index contributed by atoms with van der Waals surface area (Å²) in [6.45, 7) is 5.51. The number of hydrogen-bond donors (Lipinski definition) is 1. The zero-order chi connectivity index (χ0) is 26.9. The molecule has 1 aliphatic carbocycles. The van der Waals surface area contributed by atoms with Gasteiger partial charge in [-0.05, 0) is 92.4 Å². The molecule has 0 saturated heterocycles. The Labute approximate surface area is 250 Å². The van der Waals surface area contributed by atoms with Gasteiger partial charge in [-0.2, -0.15) is 5.26 Å². The Morgan fingerprint density at radius 3 is 2.43 bits per heavy atom. The zero-order valence-corrected chi connectivity index (χ0v) is 26.0. The van der Waals surface area contributed by atoms with Gasteiger partial charge in [0.2, 0.25) is 0 Å². The number of ketones is 1. The highest BCUT2D eigenvalue weighted by atomic mass is 127. The lowest BCUT2D eigenvalue weighted by Gasteiger charge is -2.43. The Morgan fingerprint density at radius 2 is 1.84 bits per heavy atom. The third-order valence-electron chi connectivity index (χ3n) is 6.66. The first-order valence-electron chi connectivity index (χ1n) is 11.8. The maximum absolute atomic E-state index is 13.6. The summed E-state index contributed by atoms with van der Waals surface area (Å²) in [4.78, 5) is 15.5. The molecule has 194 valence electrons. The molecular formula is C28H28ClI2N3O3. The molecule has 9 heteroatoms. The predicted octanol–water partition coefficient (Wildman–Crippen LogP) is 6.51. The maximum Gasteiger partial charge on any atom is 0.162 e. The van der Waals surface area contributed by atoms with Crippen LogP contribution in [0.5, 0.6) is 5.75 Å². The number of nitrogens with two attached hydrogens (primary N) is 1. The summed E-state index contributed by atoms with van der Waals surface area (Å²) in [5.74, 6) is 0.696. The second-order valence-electron chi connectivity index (χ2n) is 10.0. The van der Waals surface area contributed by atoms with Crippen LogP contribution in [0.3, 0.4) is 0 Å². The molecular weight excluding hydrogens is 716 g/mol. The first kappa shape index (κ1) is 28.2. The van der Waals surface area contributed by atoms with Crippen LogP contribution < -0.4 is 10.5 Å². The highest BCUT2D eigenvalue weighted by Crippen LogP contribution is 2.49. The van der Waals surface area contributed by atoms with E-state index in [1.807, 2.05) is 41.3 Å². The molecule has 2 N–H and O–H groups in total. The summed E-state index contributed by atoms with van der Waals surface area (Å²) in [7, 11) is 1.63. The smallest absolute Gasteiger partial charge is 0.162 e. The quantitative estimate of drug-likeness (QED) is 0.326. The number of benzene rings is 2. The van der Waals surface area contributed by atoms with Gasteiger partial charge in [-0.1, -0.05) is 37.6 Å². The van der Waals surface area contributed by atoms with Crippen molar-refractivity contribution in [2.45, 2.75) is 39.2 Å². The minimum atomic E-state index is -0.519. The summed E-state index contributed by atoms with van der Waals surface area (Å²) in [6.07, 6.45) is 1.12. The molecule has 0 amide bonds. The molecule has 1 heterocycles. The zero-order valence-electron chi connectivity index (χ0n) is 20.9. The summed E-state index contributed by atoms with van der Waals surface area (Å²) >= 11 is 10.5. The van der Waals surface area contributed by atoms with Crippen LogP contribution in [0.1, 0.15) is 43.7 Å². The Bertz CT molecular complexity index is 1310. The fourth-order valence-electron chi connectivity index (χ4n) is 4.97. The number of nitriles is 1. The van der Waals surface area contributed by atoms with E-state index < -0.39 is 5.92 Å². The van der Waals surface area contributed by atoms with Crippen LogP contribution in [0.15, 0.2) is 59.1 Å².